The molecule has 0 amide bonds. The van der Waals surface area contributed by atoms with Gasteiger partial charge < -0.3 is 14.1 Å². The van der Waals surface area contributed by atoms with Gasteiger partial charge in [0.15, 0.2) is 5.76 Å². The molecule has 0 unspecified atom stereocenters. The van der Waals surface area contributed by atoms with E-state index >= 15 is 0 Å². The van der Waals surface area contributed by atoms with E-state index in [0.29, 0.717) is 18.0 Å². The van der Waals surface area contributed by atoms with Crippen LogP contribution in [0.1, 0.15) is 5.56 Å². The molecule has 2 aromatic heterocycles. The molecule has 118 valence electrons. The van der Waals surface area contributed by atoms with Crippen molar-refractivity contribution in [3.8, 4) is 17.2 Å². The molecule has 0 saturated heterocycles. The molecule has 23 heavy (non-hydrogen) atoms. The smallest absolute Gasteiger partial charge is 0.225 e. The maximum atomic E-state index is 6.05. The highest BCUT2D eigenvalue weighted by Gasteiger charge is 2.11. The van der Waals surface area contributed by atoms with E-state index in [9.17, 15) is 0 Å². The summed E-state index contributed by atoms with van der Waals surface area (Å²) in [5.41, 5.74) is 1.80. The fourth-order valence-electron chi connectivity index (χ4n) is 2.24. The quantitative estimate of drug-likeness (QED) is 0.661. The monoisotopic (exact) mass is 329 g/mol. The van der Waals surface area contributed by atoms with Crippen molar-refractivity contribution in [2.75, 3.05) is 19.1 Å². The Labute approximate surface area is 139 Å². The van der Waals surface area contributed by atoms with Gasteiger partial charge >= 0.3 is 0 Å². The van der Waals surface area contributed by atoms with Crippen molar-refractivity contribution in [1.29, 1.82) is 0 Å². The summed E-state index contributed by atoms with van der Waals surface area (Å²) in [6, 6.07) is 13.4. The highest BCUT2D eigenvalue weighted by Crippen LogP contribution is 2.24. The van der Waals surface area contributed by atoms with Crippen molar-refractivity contribution in [2.24, 2.45) is 0 Å². The molecule has 0 aliphatic heterocycles. The summed E-state index contributed by atoms with van der Waals surface area (Å²) in [5, 5.41) is 0.190. The standard InChI is InChI=1S/C17H16ClN3O2/c1-21(11-12-5-7-13(22-2)8-6-12)16-10-14(19-17(18)20-16)15-4-3-9-23-15/h3-10H,11H2,1-2H3. The van der Waals surface area contributed by atoms with Crippen LogP contribution in [0.4, 0.5) is 5.82 Å². The Morgan fingerprint density at radius 1 is 1.17 bits per heavy atom. The van der Waals surface area contributed by atoms with E-state index in [1.807, 2.05) is 54.4 Å². The third kappa shape index (κ3) is 3.63. The van der Waals surface area contributed by atoms with Gasteiger partial charge in [0, 0.05) is 19.7 Å². The summed E-state index contributed by atoms with van der Waals surface area (Å²) >= 11 is 6.05. The Balaban J connectivity index is 1.82. The summed E-state index contributed by atoms with van der Waals surface area (Å²) in [4.78, 5) is 10.5. The molecule has 2 heterocycles. The van der Waals surface area contributed by atoms with Gasteiger partial charge in [-0.05, 0) is 41.4 Å². The van der Waals surface area contributed by atoms with Crippen LogP contribution in [0.3, 0.4) is 0 Å². The molecule has 5 nitrogen and oxygen atoms in total. The molecule has 0 bridgehead atoms. The Morgan fingerprint density at radius 2 is 1.96 bits per heavy atom. The maximum absolute atomic E-state index is 6.05. The van der Waals surface area contributed by atoms with Gasteiger partial charge in [-0.3, -0.25) is 0 Å². The largest absolute Gasteiger partial charge is 0.497 e. The number of aromatic nitrogens is 2. The molecule has 0 aliphatic carbocycles. The number of ether oxygens (including phenoxy) is 1. The first-order valence-corrected chi connectivity index (χ1v) is 7.46. The molecule has 6 heteroatoms. The molecule has 0 aliphatic rings. The lowest BCUT2D eigenvalue weighted by atomic mass is 10.2. The van der Waals surface area contributed by atoms with Gasteiger partial charge in [-0.25, -0.2) is 9.97 Å². The predicted octanol–water partition coefficient (Wildman–Crippen LogP) is 4.04. The minimum Gasteiger partial charge on any atom is -0.497 e. The van der Waals surface area contributed by atoms with Crippen LogP contribution in [0.25, 0.3) is 11.5 Å². The Bertz CT molecular complexity index is 773. The Kier molecular flexibility index (Phi) is 4.48. The number of halogens is 1. The SMILES string of the molecule is COc1ccc(CN(C)c2cc(-c3ccco3)nc(Cl)n2)cc1. The van der Waals surface area contributed by atoms with Gasteiger partial charge in [-0.15, -0.1) is 0 Å². The van der Waals surface area contributed by atoms with Gasteiger partial charge in [0.2, 0.25) is 5.28 Å². The lowest BCUT2D eigenvalue weighted by molar-refractivity contribution is 0.414. The third-order valence-electron chi connectivity index (χ3n) is 3.43. The summed E-state index contributed by atoms with van der Waals surface area (Å²) in [5.74, 6) is 2.22. The van der Waals surface area contributed by atoms with E-state index in [4.69, 9.17) is 20.8 Å². The number of hydrogen-bond acceptors (Lipinski definition) is 5. The van der Waals surface area contributed by atoms with E-state index in [2.05, 4.69) is 9.97 Å². The zero-order valence-electron chi connectivity index (χ0n) is 12.9. The van der Waals surface area contributed by atoms with Crippen LogP contribution in [0, 0.1) is 0 Å². The molecule has 0 N–H and O–H groups in total. The first-order valence-electron chi connectivity index (χ1n) is 7.08. The Hall–Kier alpha value is -2.53. The van der Waals surface area contributed by atoms with Gasteiger partial charge in [0.05, 0.1) is 13.4 Å². The molecule has 0 radical (unpaired) electrons. The van der Waals surface area contributed by atoms with Crippen LogP contribution in [0.15, 0.2) is 53.1 Å². The van der Waals surface area contributed by atoms with Gasteiger partial charge in [0.25, 0.3) is 0 Å². The van der Waals surface area contributed by atoms with E-state index in [1.165, 1.54) is 0 Å². The lowest BCUT2D eigenvalue weighted by Gasteiger charge is -2.19. The average molecular weight is 330 g/mol. The number of hydrogen-bond donors (Lipinski definition) is 0. The summed E-state index contributed by atoms with van der Waals surface area (Å²) < 4.78 is 10.5. The summed E-state index contributed by atoms with van der Waals surface area (Å²) in [6.45, 7) is 0.689. The molecule has 3 aromatic rings. The van der Waals surface area contributed by atoms with Crippen molar-refractivity contribution >= 4 is 17.4 Å². The number of nitrogens with zero attached hydrogens (tertiary/aromatic N) is 3. The number of anilines is 1. The minimum absolute atomic E-state index is 0.190. The highest BCUT2D eigenvalue weighted by molar-refractivity contribution is 6.28. The molecular weight excluding hydrogens is 314 g/mol. The van der Waals surface area contributed by atoms with Gasteiger partial charge in [-0.1, -0.05) is 12.1 Å². The van der Waals surface area contributed by atoms with E-state index in [0.717, 1.165) is 17.1 Å². The number of furan rings is 1. The summed E-state index contributed by atoms with van der Waals surface area (Å²) in [7, 11) is 3.61. The first-order chi connectivity index (χ1) is 11.2. The highest BCUT2D eigenvalue weighted by atomic mass is 35.5. The van der Waals surface area contributed by atoms with Crippen molar-refractivity contribution in [2.45, 2.75) is 6.54 Å². The second-order valence-corrected chi connectivity index (χ2v) is 5.40. The average Bonchev–Trinajstić information content (AvgIpc) is 3.09. The second-order valence-electron chi connectivity index (χ2n) is 5.06. The zero-order valence-corrected chi connectivity index (χ0v) is 13.6. The van der Waals surface area contributed by atoms with Crippen LogP contribution in [0.5, 0.6) is 5.75 Å². The maximum Gasteiger partial charge on any atom is 0.225 e. The molecule has 0 fully saturated rings. The van der Waals surface area contributed by atoms with Crippen molar-refractivity contribution in [3.05, 3.63) is 59.6 Å². The van der Waals surface area contributed by atoms with Crippen molar-refractivity contribution in [1.82, 2.24) is 9.97 Å². The second kappa shape index (κ2) is 6.71. The zero-order chi connectivity index (χ0) is 16.2. The lowest BCUT2D eigenvalue weighted by Crippen LogP contribution is -2.18. The van der Waals surface area contributed by atoms with Crippen LogP contribution in [-0.2, 0) is 6.54 Å². The number of benzene rings is 1. The minimum atomic E-state index is 0.190. The molecule has 3 rings (SSSR count). The topological polar surface area (TPSA) is 51.4 Å². The van der Waals surface area contributed by atoms with Crippen molar-refractivity contribution < 1.29 is 9.15 Å². The Morgan fingerprint density at radius 3 is 2.61 bits per heavy atom. The predicted molar refractivity (Wildman–Crippen MR) is 89.8 cm³/mol. The van der Waals surface area contributed by atoms with E-state index in [-0.39, 0.29) is 5.28 Å². The van der Waals surface area contributed by atoms with E-state index in [1.54, 1.807) is 13.4 Å². The van der Waals surface area contributed by atoms with Crippen LogP contribution >= 0.6 is 11.6 Å². The molecule has 0 atom stereocenters. The van der Waals surface area contributed by atoms with Crippen LogP contribution in [-0.4, -0.2) is 24.1 Å². The van der Waals surface area contributed by atoms with Crippen LogP contribution in [0.2, 0.25) is 5.28 Å². The molecule has 0 spiro atoms. The summed E-state index contributed by atoms with van der Waals surface area (Å²) in [6.07, 6.45) is 1.60. The molecule has 0 saturated carbocycles. The van der Waals surface area contributed by atoms with Crippen molar-refractivity contribution in [3.63, 3.8) is 0 Å². The normalized spacial score (nSPS) is 10.6. The fourth-order valence-corrected chi connectivity index (χ4v) is 2.42. The van der Waals surface area contributed by atoms with E-state index < -0.39 is 0 Å². The first kappa shape index (κ1) is 15.4. The van der Waals surface area contributed by atoms with Gasteiger partial charge in [0.1, 0.15) is 17.3 Å². The molecular formula is C17H16ClN3O2. The third-order valence-corrected chi connectivity index (χ3v) is 3.60. The van der Waals surface area contributed by atoms with Gasteiger partial charge in [-0.2, -0.15) is 0 Å². The van der Waals surface area contributed by atoms with Crippen LogP contribution < -0.4 is 9.64 Å². The molecule has 1 aromatic carbocycles. The number of methoxy groups -OCH3 is 1. The fraction of sp³-hybridized carbons (Fsp3) is 0.176. The number of rotatable bonds is 5.